The molecule has 3 N–H and O–H groups in total. The number of piperidine rings is 1. The van der Waals surface area contributed by atoms with Gasteiger partial charge in [0, 0.05) is 42.4 Å². The maximum atomic E-state index is 12.9. The molecule has 14 nitrogen and oxygen atoms in total. The maximum absolute atomic E-state index is 12.9. The van der Waals surface area contributed by atoms with Crippen LogP contribution in [0.4, 0.5) is 5.69 Å². The number of hydrogen-bond donors (Lipinski definition) is 3. The number of furan rings is 1. The molecule has 0 bridgehead atoms. The zero-order valence-corrected chi connectivity index (χ0v) is 24.4. The Morgan fingerprint density at radius 3 is 2.24 bits per heavy atom. The summed E-state index contributed by atoms with van der Waals surface area (Å²) >= 11 is 0. The average molecular weight is 629 g/mol. The van der Waals surface area contributed by atoms with E-state index >= 15 is 0 Å². The van der Waals surface area contributed by atoms with Crippen LogP contribution in [0.1, 0.15) is 76.2 Å². The van der Waals surface area contributed by atoms with Crippen molar-refractivity contribution in [3.63, 3.8) is 0 Å². The summed E-state index contributed by atoms with van der Waals surface area (Å²) in [6.45, 7) is 1.61. The van der Waals surface area contributed by atoms with Gasteiger partial charge < -0.3 is 24.5 Å². The molecule has 2 aliphatic heterocycles. The normalized spacial score (nSPS) is 17.0. The van der Waals surface area contributed by atoms with Crippen LogP contribution in [0.15, 0.2) is 52.9 Å². The summed E-state index contributed by atoms with van der Waals surface area (Å²) in [5.41, 5.74) is 1.55. The molecule has 0 spiro atoms. The number of carbonyl (C=O) groups is 7. The zero-order chi connectivity index (χ0) is 32.4. The number of fused-ring (bicyclic) bond motifs is 3. The molecule has 1 aliphatic carbocycles. The van der Waals surface area contributed by atoms with E-state index in [0.717, 1.165) is 4.90 Å². The van der Waals surface area contributed by atoms with Crippen molar-refractivity contribution in [3.8, 4) is 0 Å². The van der Waals surface area contributed by atoms with Gasteiger partial charge in [0.2, 0.25) is 17.6 Å². The minimum atomic E-state index is -1.02. The minimum absolute atomic E-state index is 0.0514. The van der Waals surface area contributed by atoms with Crippen molar-refractivity contribution >= 4 is 46.8 Å². The molecule has 1 fully saturated rings. The van der Waals surface area contributed by atoms with E-state index < -0.39 is 41.4 Å². The van der Waals surface area contributed by atoms with Crippen LogP contribution in [0.3, 0.4) is 0 Å². The van der Waals surface area contributed by atoms with Crippen molar-refractivity contribution in [1.29, 1.82) is 0 Å². The quantitative estimate of drug-likeness (QED) is 0.152. The zero-order valence-electron chi connectivity index (χ0n) is 24.4. The largest absolute Gasteiger partial charge is 0.447 e. The lowest BCUT2D eigenvalue weighted by Gasteiger charge is -2.27. The molecule has 5 amide bonds. The Kier molecular flexibility index (Phi) is 8.55. The molecular formula is C32H28N4O10. The van der Waals surface area contributed by atoms with Gasteiger partial charge >= 0.3 is 0 Å². The van der Waals surface area contributed by atoms with Gasteiger partial charge in [-0.3, -0.25) is 43.8 Å². The fourth-order valence-corrected chi connectivity index (χ4v) is 5.48. The van der Waals surface area contributed by atoms with E-state index in [1.165, 1.54) is 12.1 Å². The van der Waals surface area contributed by atoms with Crippen LogP contribution in [0.2, 0.25) is 0 Å². The van der Waals surface area contributed by atoms with Crippen LogP contribution >= 0.6 is 0 Å². The third kappa shape index (κ3) is 5.82. The Bertz CT molecular complexity index is 1740. The summed E-state index contributed by atoms with van der Waals surface area (Å²) in [5.74, 6) is -3.92. The van der Waals surface area contributed by atoms with Crippen molar-refractivity contribution in [2.24, 2.45) is 0 Å². The van der Waals surface area contributed by atoms with Crippen LogP contribution in [0, 0.1) is 0 Å². The third-order valence-corrected chi connectivity index (χ3v) is 7.74. The summed E-state index contributed by atoms with van der Waals surface area (Å²) < 4.78 is 16.4. The highest BCUT2D eigenvalue weighted by Crippen LogP contribution is 2.31. The van der Waals surface area contributed by atoms with Gasteiger partial charge in [-0.1, -0.05) is 24.3 Å². The molecule has 6 rings (SSSR count). The topological polar surface area (TPSA) is 190 Å². The summed E-state index contributed by atoms with van der Waals surface area (Å²) in [4.78, 5) is 88.2. The van der Waals surface area contributed by atoms with E-state index in [1.54, 1.807) is 36.4 Å². The molecule has 1 saturated heterocycles. The highest BCUT2D eigenvalue weighted by Gasteiger charge is 2.44. The number of ether oxygens (including phenoxy) is 2. The van der Waals surface area contributed by atoms with Crippen LogP contribution in [-0.4, -0.2) is 91.6 Å². The van der Waals surface area contributed by atoms with E-state index in [-0.39, 0.29) is 84.3 Å². The lowest BCUT2D eigenvalue weighted by atomic mass is 9.89. The Labute approximate surface area is 261 Å². The molecule has 0 radical (unpaired) electrons. The molecule has 3 heterocycles. The molecule has 3 aromatic rings. The highest BCUT2D eigenvalue weighted by molar-refractivity contribution is 6.28. The molecule has 46 heavy (non-hydrogen) atoms. The molecule has 14 heteroatoms. The van der Waals surface area contributed by atoms with Gasteiger partial charge in [-0.2, -0.15) is 0 Å². The van der Waals surface area contributed by atoms with Crippen LogP contribution in [0.25, 0.3) is 0 Å². The fraction of sp³-hybridized carbons (Fsp3) is 0.281. The van der Waals surface area contributed by atoms with E-state index in [1.807, 2.05) is 0 Å². The molecule has 0 saturated carbocycles. The third-order valence-electron chi connectivity index (χ3n) is 7.74. The van der Waals surface area contributed by atoms with Crippen molar-refractivity contribution < 1.29 is 47.5 Å². The Hall–Kier alpha value is -5.47. The monoisotopic (exact) mass is 628 g/mol. The minimum Gasteiger partial charge on any atom is -0.447 e. The first-order chi connectivity index (χ1) is 22.2. The second-order valence-corrected chi connectivity index (χ2v) is 10.7. The van der Waals surface area contributed by atoms with Crippen LogP contribution in [0.5, 0.6) is 0 Å². The lowest BCUT2D eigenvalue weighted by Crippen LogP contribution is -2.54. The SMILES string of the molecule is O=C1CCC(N2C(=O)c3ccc(NCCOCCOCCNC(=O)c4cc5c(o4)C(=O)c4ccccc4C5=O)cc3C2=O)C(=O)N1. The number of anilines is 1. The number of nitrogens with one attached hydrogen (secondary N) is 3. The number of amides is 5. The fourth-order valence-electron chi connectivity index (χ4n) is 5.48. The maximum Gasteiger partial charge on any atom is 0.287 e. The number of benzene rings is 2. The summed E-state index contributed by atoms with van der Waals surface area (Å²) in [5, 5.41) is 7.91. The number of ketones is 2. The van der Waals surface area contributed by atoms with Crippen molar-refractivity contribution in [2.75, 3.05) is 44.8 Å². The predicted octanol–water partition coefficient (Wildman–Crippen LogP) is 1.33. The number of rotatable bonds is 12. The van der Waals surface area contributed by atoms with Gasteiger partial charge in [0.1, 0.15) is 6.04 Å². The molecule has 236 valence electrons. The first-order valence-corrected chi connectivity index (χ1v) is 14.6. The van der Waals surface area contributed by atoms with Crippen molar-refractivity contribution in [1.82, 2.24) is 15.5 Å². The highest BCUT2D eigenvalue weighted by atomic mass is 16.5. The number of imide groups is 2. The second-order valence-electron chi connectivity index (χ2n) is 10.7. The van der Waals surface area contributed by atoms with Gasteiger partial charge in [0.05, 0.1) is 43.1 Å². The lowest BCUT2D eigenvalue weighted by molar-refractivity contribution is -0.136. The van der Waals surface area contributed by atoms with Gasteiger partial charge in [0.25, 0.3) is 17.7 Å². The van der Waals surface area contributed by atoms with Crippen molar-refractivity contribution in [2.45, 2.75) is 18.9 Å². The number of hydrogen-bond acceptors (Lipinski definition) is 11. The van der Waals surface area contributed by atoms with Crippen LogP contribution in [-0.2, 0) is 19.1 Å². The summed E-state index contributed by atoms with van der Waals surface area (Å²) in [6.07, 6.45) is 0.140. The van der Waals surface area contributed by atoms with Gasteiger partial charge in [-0.15, -0.1) is 0 Å². The van der Waals surface area contributed by atoms with E-state index in [2.05, 4.69) is 16.0 Å². The van der Waals surface area contributed by atoms with E-state index in [4.69, 9.17) is 13.9 Å². The van der Waals surface area contributed by atoms with Crippen molar-refractivity contribution in [3.05, 3.63) is 87.9 Å². The smallest absolute Gasteiger partial charge is 0.287 e. The summed E-state index contributed by atoms with van der Waals surface area (Å²) in [7, 11) is 0. The molecule has 1 atom stereocenters. The van der Waals surface area contributed by atoms with Gasteiger partial charge in [0.15, 0.2) is 17.3 Å². The van der Waals surface area contributed by atoms with Gasteiger partial charge in [-0.25, -0.2) is 0 Å². The number of carbonyl (C=O) groups excluding carboxylic acids is 7. The standard InChI is InChI=1S/C32H28N4O10/c37-25-8-7-23(29(40)35-25)36-31(42)20-6-5-17(15-21(20)32(36)43)33-9-11-44-13-14-45-12-10-34-30(41)24-16-22-26(38)18-3-1-2-4-19(18)27(39)28(22)46-24/h1-6,15-16,23,33H,7-14H2,(H,34,41)(H,35,37,40). The number of nitrogens with zero attached hydrogens (tertiary/aromatic N) is 1. The molecular weight excluding hydrogens is 600 g/mol. The molecule has 3 aliphatic rings. The van der Waals surface area contributed by atoms with E-state index in [9.17, 15) is 33.6 Å². The average Bonchev–Trinajstić information content (AvgIpc) is 3.61. The Balaban J connectivity index is 0.873. The molecule has 2 aromatic carbocycles. The van der Waals surface area contributed by atoms with Gasteiger partial charge in [-0.05, 0) is 24.6 Å². The van der Waals surface area contributed by atoms with Crippen LogP contribution < -0.4 is 16.0 Å². The Morgan fingerprint density at radius 2 is 1.50 bits per heavy atom. The van der Waals surface area contributed by atoms with E-state index in [0.29, 0.717) is 18.8 Å². The Morgan fingerprint density at radius 1 is 0.804 bits per heavy atom. The first kappa shape index (κ1) is 30.6. The second kappa shape index (κ2) is 12.9. The summed E-state index contributed by atoms with van der Waals surface area (Å²) in [6, 6.07) is 11.4. The predicted molar refractivity (Wildman–Crippen MR) is 158 cm³/mol. The molecule has 1 aromatic heterocycles. The molecule has 1 unspecified atom stereocenters. The first-order valence-electron chi connectivity index (χ1n) is 14.6.